The van der Waals surface area contributed by atoms with Crippen molar-refractivity contribution in [3.8, 4) is 0 Å². The molecule has 0 spiro atoms. The Kier molecular flexibility index (Phi) is 4.13. The first-order valence-corrected chi connectivity index (χ1v) is 8.19. The van der Waals surface area contributed by atoms with Crippen molar-refractivity contribution in [1.29, 1.82) is 0 Å². The van der Waals surface area contributed by atoms with E-state index in [0.717, 1.165) is 26.1 Å². The van der Waals surface area contributed by atoms with Gasteiger partial charge in [-0.3, -0.25) is 0 Å². The average Bonchev–Trinajstić information content (AvgIpc) is 3.16. The molecular formula is C18H26N2O2. The second-order valence-corrected chi connectivity index (χ2v) is 7.48. The summed E-state index contributed by atoms with van der Waals surface area (Å²) in [5.41, 5.74) is 0.887. The molecule has 1 aliphatic heterocycles. The van der Waals surface area contributed by atoms with Gasteiger partial charge in [-0.05, 0) is 32.8 Å². The van der Waals surface area contributed by atoms with Gasteiger partial charge in [-0.1, -0.05) is 30.3 Å². The third kappa shape index (κ3) is 3.61. The number of benzene rings is 1. The van der Waals surface area contributed by atoms with E-state index in [4.69, 9.17) is 4.74 Å². The Morgan fingerprint density at radius 2 is 1.95 bits per heavy atom. The van der Waals surface area contributed by atoms with Gasteiger partial charge in [0.1, 0.15) is 5.60 Å². The summed E-state index contributed by atoms with van der Waals surface area (Å²) in [5.74, 6) is 1.02. The highest BCUT2D eigenvalue weighted by Gasteiger charge is 2.46. The van der Waals surface area contributed by atoms with Gasteiger partial charge in [-0.25, -0.2) is 4.79 Å². The van der Waals surface area contributed by atoms with Crippen molar-refractivity contribution in [2.24, 2.45) is 5.92 Å². The van der Waals surface area contributed by atoms with E-state index in [1.165, 1.54) is 5.56 Å². The molecule has 120 valence electrons. The predicted octanol–water partition coefficient (Wildman–Crippen LogP) is 3.00. The summed E-state index contributed by atoms with van der Waals surface area (Å²) in [6, 6.07) is 10.8. The van der Waals surface area contributed by atoms with Crippen LogP contribution in [0, 0.1) is 5.92 Å². The highest BCUT2D eigenvalue weighted by Crippen LogP contribution is 2.45. The fourth-order valence-corrected chi connectivity index (χ4v) is 3.01. The fraction of sp³-hybridized carbons (Fsp3) is 0.611. The molecule has 1 aliphatic carbocycles. The van der Waals surface area contributed by atoms with Crippen molar-refractivity contribution in [3.63, 3.8) is 0 Å². The first-order chi connectivity index (χ1) is 10.4. The minimum Gasteiger partial charge on any atom is -0.444 e. The first kappa shape index (κ1) is 15.3. The zero-order valence-corrected chi connectivity index (χ0v) is 13.7. The largest absolute Gasteiger partial charge is 0.444 e. The molecule has 0 aromatic heterocycles. The number of carbonyl (C=O) groups is 1. The Morgan fingerprint density at radius 3 is 2.50 bits per heavy atom. The molecular weight excluding hydrogens is 276 g/mol. The van der Waals surface area contributed by atoms with Gasteiger partial charge in [-0.2, -0.15) is 0 Å². The van der Waals surface area contributed by atoms with E-state index in [2.05, 4.69) is 29.6 Å². The lowest BCUT2D eigenvalue weighted by molar-refractivity contribution is 0.0180. The summed E-state index contributed by atoms with van der Waals surface area (Å²) in [6.07, 6.45) is 0.881. The number of ether oxygens (including phenoxy) is 1. The van der Waals surface area contributed by atoms with Crippen molar-refractivity contribution in [2.45, 2.75) is 44.8 Å². The minimum absolute atomic E-state index is 0.164. The van der Waals surface area contributed by atoms with Crippen LogP contribution in [0.4, 0.5) is 4.79 Å². The van der Waals surface area contributed by atoms with Crippen molar-refractivity contribution in [2.75, 3.05) is 19.6 Å². The Balaban J connectivity index is 1.68. The molecule has 1 saturated heterocycles. The molecule has 1 amide bonds. The number of carbonyl (C=O) groups excluding carboxylic acids is 1. The Hall–Kier alpha value is -1.55. The van der Waals surface area contributed by atoms with Crippen LogP contribution in [0.5, 0.6) is 0 Å². The average molecular weight is 302 g/mol. The summed E-state index contributed by atoms with van der Waals surface area (Å²) >= 11 is 0. The molecule has 2 fully saturated rings. The summed E-state index contributed by atoms with van der Waals surface area (Å²) in [4.78, 5) is 14.5. The van der Waals surface area contributed by atoms with E-state index in [0.29, 0.717) is 11.8 Å². The monoisotopic (exact) mass is 302 g/mol. The van der Waals surface area contributed by atoms with Crippen molar-refractivity contribution in [3.05, 3.63) is 35.9 Å². The van der Waals surface area contributed by atoms with Gasteiger partial charge in [0.15, 0.2) is 0 Å². The van der Waals surface area contributed by atoms with Crippen LogP contribution < -0.4 is 5.32 Å². The van der Waals surface area contributed by atoms with Gasteiger partial charge >= 0.3 is 6.09 Å². The van der Waals surface area contributed by atoms with Crippen LogP contribution in [-0.4, -0.2) is 42.3 Å². The van der Waals surface area contributed by atoms with Gasteiger partial charge < -0.3 is 15.0 Å². The lowest BCUT2D eigenvalue weighted by Gasteiger charge is -2.34. The van der Waals surface area contributed by atoms with Gasteiger partial charge in [0.05, 0.1) is 0 Å². The normalized spacial score (nSPS) is 24.5. The first-order valence-electron chi connectivity index (χ1n) is 8.19. The van der Waals surface area contributed by atoms with Gasteiger partial charge in [0.2, 0.25) is 0 Å². The third-order valence-electron chi connectivity index (χ3n) is 4.33. The Bertz CT molecular complexity index is 520. The molecule has 3 rings (SSSR count). The summed E-state index contributed by atoms with van der Waals surface area (Å²) in [6.45, 7) is 8.58. The number of nitrogens with zero attached hydrogens (tertiary/aromatic N) is 1. The molecule has 0 radical (unpaired) electrons. The Labute approximate surface area is 132 Å². The van der Waals surface area contributed by atoms with E-state index in [9.17, 15) is 4.79 Å². The van der Waals surface area contributed by atoms with Gasteiger partial charge in [0.25, 0.3) is 0 Å². The van der Waals surface area contributed by atoms with E-state index in [-0.39, 0.29) is 12.1 Å². The standard InChI is InChI=1S/C18H26N2O2/c1-18(2,3)22-17(21)20(12-13-10-19-11-13)16-9-15(16)14-7-5-4-6-8-14/h4-8,13,15-16,19H,9-12H2,1-3H3/t15-,16+/m0/s1. The number of rotatable bonds is 4. The van der Waals surface area contributed by atoms with E-state index >= 15 is 0 Å². The van der Waals surface area contributed by atoms with Crippen LogP contribution in [0.2, 0.25) is 0 Å². The molecule has 2 atom stereocenters. The van der Waals surface area contributed by atoms with Crippen LogP contribution in [0.25, 0.3) is 0 Å². The van der Waals surface area contributed by atoms with Crippen LogP contribution >= 0.6 is 0 Å². The van der Waals surface area contributed by atoms with E-state index < -0.39 is 5.60 Å². The number of amides is 1. The third-order valence-corrected chi connectivity index (χ3v) is 4.33. The summed E-state index contributed by atoms with van der Waals surface area (Å²) < 4.78 is 5.62. The molecule has 1 N–H and O–H groups in total. The van der Waals surface area contributed by atoms with Crippen LogP contribution in [-0.2, 0) is 4.74 Å². The second-order valence-electron chi connectivity index (χ2n) is 7.48. The van der Waals surface area contributed by atoms with Gasteiger partial charge in [-0.15, -0.1) is 0 Å². The van der Waals surface area contributed by atoms with Crippen LogP contribution in [0.1, 0.15) is 38.7 Å². The number of hydrogen-bond donors (Lipinski definition) is 1. The minimum atomic E-state index is -0.440. The molecule has 1 aromatic rings. The molecule has 22 heavy (non-hydrogen) atoms. The predicted molar refractivity (Wildman–Crippen MR) is 86.9 cm³/mol. The van der Waals surface area contributed by atoms with Crippen molar-refractivity contribution in [1.82, 2.24) is 10.2 Å². The zero-order chi connectivity index (χ0) is 15.7. The van der Waals surface area contributed by atoms with Crippen LogP contribution in [0.15, 0.2) is 30.3 Å². The molecule has 0 bridgehead atoms. The fourth-order valence-electron chi connectivity index (χ4n) is 3.01. The van der Waals surface area contributed by atoms with Crippen LogP contribution in [0.3, 0.4) is 0 Å². The van der Waals surface area contributed by atoms with Gasteiger partial charge in [0, 0.05) is 37.5 Å². The van der Waals surface area contributed by atoms with E-state index in [1.807, 2.05) is 31.7 Å². The number of hydrogen-bond acceptors (Lipinski definition) is 3. The highest BCUT2D eigenvalue weighted by atomic mass is 16.6. The van der Waals surface area contributed by atoms with Crippen molar-refractivity contribution < 1.29 is 9.53 Å². The lowest BCUT2D eigenvalue weighted by Crippen LogP contribution is -2.51. The molecule has 4 heteroatoms. The molecule has 1 aromatic carbocycles. The molecule has 1 saturated carbocycles. The van der Waals surface area contributed by atoms with Crippen molar-refractivity contribution >= 4 is 6.09 Å². The number of nitrogens with one attached hydrogen (secondary N) is 1. The molecule has 1 heterocycles. The highest BCUT2D eigenvalue weighted by molar-refractivity contribution is 5.69. The maximum absolute atomic E-state index is 12.6. The smallest absolute Gasteiger partial charge is 0.410 e. The van der Waals surface area contributed by atoms with E-state index in [1.54, 1.807) is 0 Å². The lowest BCUT2D eigenvalue weighted by atomic mass is 10.0. The Morgan fingerprint density at radius 1 is 1.27 bits per heavy atom. The maximum atomic E-state index is 12.6. The molecule has 4 nitrogen and oxygen atoms in total. The summed E-state index contributed by atoms with van der Waals surface area (Å²) in [5, 5.41) is 3.28. The topological polar surface area (TPSA) is 41.6 Å². The molecule has 2 aliphatic rings. The summed E-state index contributed by atoms with van der Waals surface area (Å²) in [7, 11) is 0. The quantitative estimate of drug-likeness (QED) is 0.929. The SMILES string of the molecule is CC(C)(C)OC(=O)N(CC1CNC1)[C@@H]1C[C@H]1c1ccccc1. The second kappa shape index (κ2) is 5.92. The molecule has 0 unspecified atom stereocenters. The zero-order valence-electron chi connectivity index (χ0n) is 13.7. The maximum Gasteiger partial charge on any atom is 0.410 e.